The Bertz CT molecular complexity index is 204. The molecule has 1 aliphatic heterocycles. The zero-order chi connectivity index (χ0) is 12.7. The summed E-state index contributed by atoms with van der Waals surface area (Å²) in [5.41, 5.74) is 0.274. The lowest BCUT2D eigenvalue weighted by atomic mass is 9.97. The molecule has 0 aromatic heterocycles. The Labute approximate surface area is 107 Å². The SMILES string of the molecule is CCCC(COC)N1CCCNC(C)(CC)C1. The van der Waals surface area contributed by atoms with Crippen LogP contribution in [0.2, 0.25) is 0 Å². The van der Waals surface area contributed by atoms with Crippen molar-refractivity contribution in [3.8, 4) is 0 Å². The van der Waals surface area contributed by atoms with E-state index < -0.39 is 0 Å². The van der Waals surface area contributed by atoms with Crippen LogP contribution in [0.1, 0.15) is 46.5 Å². The van der Waals surface area contributed by atoms with Crippen molar-refractivity contribution in [1.29, 1.82) is 0 Å². The van der Waals surface area contributed by atoms with Crippen molar-refractivity contribution < 1.29 is 4.74 Å². The molecule has 0 bridgehead atoms. The molecule has 2 atom stereocenters. The van der Waals surface area contributed by atoms with Gasteiger partial charge < -0.3 is 10.1 Å². The summed E-state index contributed by atoms with van der Waals surface area (Å²) in [6.45, 7) is 11.3. The molecule has 0 saturated carbocycles. The van der Waals surface area contributed by atoms with Crippen LogP contribution in [0.4, 0.5) is 0 Å². The van der Waals surface area contributed by atoms with E-state index in [1.54, 1.807) is 0 Å². The van der Waals surface area contributed by atoms with Gasteiger partial charge in [-0.2, -0.15) is 0 Å². The van der Waals surface area contributed by atoms with Crippen molar-refractivity contribution in [2.45, 2.75) is 58.0 Å². The first-order valence-corrected chi connectivity index (χ1v) is 7.13. The molecule has 3 nitrogen and oxygen atoms in total. The molecule has 0 radical (unpaired) electrons. The Morgan fingerprint density at radius 2 is 2.18 bits per heavy atom. The zero-order valence-electron chi connectivity index (χ0n) is 12.1. The second kappa shape index (κ2) is 7.34. The lowest BCUT2D eigenvalue weighted by molar-refractivity contribution is 0.0726. The van der Waals surface area contributed by atoms with Gasteiger partial charge in [0.05, 0.1) is 6.61 Å². The van der Waals surface area contributed by atoms with Crippen LogP contribution >= 0.6 is 0 Å². The minimum Gasteiger partial charge on any atom is -0.383 e. The van der Waals surface area contributed by atoms with Gasteiger partial charge in [0.15, 0.2) is 0 Å². The first kappa shape index (κ1) is 14.9. The van der Waals surface area contributed by atoms with Crippen LogP contribution < -0.4 is 5.32 Å². The third kappa shape index (κ3) is 4.57. The van der Waals surface area contributed by atoms with Crippen molar-refractivity contribution in [3.63, 3.8) is 0 Å². The summed E-state index contributed by atoms with van der Waals surface area (Å²) >= 11 is 0. The molecule has 1 fully saturated rings. The van der Waals surface area contributed by atoms with E-state index in [4.69, 9.17) is 4.74 Å². The summed E-state index contributed by atoms with van der Waals surface area (Å²) in [6, 6.07) is 0.593. The lowest BCUT2D eigenvalue weighted by Gasteiger charge is -2.37. The van der Waals surface area contributed by atoms with Gasteiger partial charge in [0.2, 0.25) is 0 Å². The monoisotopic (exact) mass is 242 g/mol. The summed E-state index contributed by atoms with van der Waals surface area (Å²) in [6.07, 6.45) is 4.92. The number of rotatable bonds is 6. The van der Waals surface area contributed by atoms with E-state index in [1.807, 2.05) is 7.11 Å². The van der Waals surface area contributed by atoms with Crippen molar-refractivity contribution >= 4 is 0 Å². The normalized spacial score (nSPS) is 28.9. The molecule has 0 aliphatic carbocycles. The molecule has 0 amide bonds. The Hall–Kier alpha value is -0.120. The molecule has 0 aromatic carbocycles. The maximum Gasteiger partial charge on any atom is 0.0618 e. The van der Waals surface area contributed by atoms with E-state index in [9.17, 15) is 0 Å². The second-order valence-corrected chi connectivity index (χ2v) is 5.56. The second-order valence-electron chi connectivity index (χ2n) is 5.56. The number of ether oxygens (including phenoxy) is 1. The molecule has 3 heteroatoms. The smallest absolute Gasteiger partial charge is 0.0618 e. The third-order valence-electron chi connectivity index (χ3n) is 4.00. The van der Waals surface area contributed by atoms with Gasteiger partial charge in [-0.25, -0.2) is 0 Å². The fourth-order valence-corrected chi connectivity index (χ4v) is 2.70. The molecule has 1 N–H and O–H groups in total. The minimum atomic E-state index is 0.274. The molecule has 1 rings (SSSR count). The zero-order valence-corrected chi connectivity index (χ0v) is 12.1. The highest BCUT2D eigenvalue weighted by Crippen LogP contribution is 2.19. The molecule has 1 aliphatic rings. The molecule has 1 heterocycles. The topological polar surface area (TPSA) is 24.5 Å². The molecule has 17 heavy (non-hydrogen) atoms. The summed E-state index contributed by atoms with van der Waals surface area (Å²) in [7, 11) is 1.82. The van der Waals surface area contributed by atoms with Crippen LogP contribution in [0, 0.1) is 0 Å². The van der Waals surface area contributed by atoms with Crippen LogP contribution in [-0.2, 0) is 4.74 Å². The molecule has 2 unspecified atom stereocenters. The average molecular weight is 242 g/mol. The number of methoxy groups -OCH3 is 1. The maximum atomic E-state index is 5.39. The predicted octanol–water partition coefficient (Wildman–Crippen LogP) is 2.27. The third-order valence-corrected chi connectivity index (χ3v) is 4.00. The van der Waals surface area contributed by atoms with Gasteiger partial charge >= 0.3 is 0 Å². The van der Waals surface area contributed by atoms with Gasteiger partial charge in [0.25, 0.3) is 0 Å². The highest BCUT2D eigenvalue weighted by molar-refractivity contribution is 4.90. The van der Waals surface area contributed by atoms with E-state index >= 15 is 0 Å². The molecular weight excluding hydrogens is 212 g/mol. The average Bonchev–Trinajstić information content (AvgIpc) is 2.52. The number of hydrogen-bond donors (Lipinski definition) is 1. The Kier molecular flexibility index (Phi) is 6.45. The summed E-state index contributed by atoms with van der Waals surface area (Å²) in [4.78, 5) is 2.64. The number of hydrogen-bond acceptors (Lipinski definition) is 3. The number of nitrogens with one attached hydrogen (secondary N) is 1. The highest BCUT2D eigenvalue weighted by atomic mass is 16.5. The predicted molar refractivity (Wildman–Crippen MR) is 73.5 cm³/mol. The fourth-order valence-electron chi connectivity index (χ4n) is 2.70. The molecule has 1 saturated heterocycles. The summed E-state index contributed by atoms with van der Waals surface area (Å²) in [5, 5.41) is 3.69. The molecule has 102 valence electrons. The van der Waals surface area contributed by atoms with Gasteiger partial charge in [-0.15, -0.1) is 0 Å². The van der Waals surface area contributed by atoms with E-state index in [0.29, 0.717) is 6.04 Å². The van der Waals surface area contributed by atoms with Crippen LogP contribution in [0.5, 0.6) is 0 Å². The Morgan fingerprint density at radius 3 is 2.76 bits per heavy atom. The van der Waals surface area contributed by atoms with Gasteiger partial charge in [-0.05, 0) is 39.3 Å². The maximum absolute atomic E-state index is 5.39. The van der Waals surface area contributed by atoms with Crippen LogP contribution in [0.25, 0.3) is 0 Å². The van der Waals surface area contributed by atoms with Crippen LogP contribution in [0.3, 0.4) is 0 Å². The van der Waals surface area contributed by atoms with E-state index in [2.05, 4.69) is 31.0 Å². The Morgan fingerprint density at radius 1 is 1.41 bits per heavy atom. The van der Waals surface area contributed by atoms with Crippen molar-refractivity contribution in [2.75, 3.05) is 33.4 Å². The lowest BCUT2D eigenvalue weighted by Crippen LogP contribution is -2.51. The fraction of sp³-hybridized carbons (Fsp3) is 1.00. The first-order chi connectivity index (χ1) is 8.15. The van der Waals surface area contributed by atoms with Crippen LogP contribution in [0.15, 0.2) is 0 Å². The highest BCUT2D eigenvalue weighted by Gasteiger charge is 2.30. The first-order valence-electron chi connectivity index (χ1n) is 7.13. The summed E-state index contributed by atoms with van der Waals surface area (Å²) in [5.74, 6) is 0. The standard InChI is InChI=1S/C14H30N2O/c1-5-8-13(11-17-4)16-10-7-9-15-14(3,6-2)12-16/h13,15H,5-12H2,1-4H3. The summed E-state index contributed by atoms with van der Waals surface area (Å²) < 4.78 is 5.39. The number of nitrogens with zero attached hydrogens (tertiary/aromatic N) is 1. The Balaban J connectivity index is 2.64. The molecule has 0 aromatic rings. The van der Waals surface area contributed by atoms with Crippen molar-refractivity contribution in [3.05, 3.63) is 0 Å². The van der Waals surface area contributed by atoms with Crippen LogP contribution in [-0.4, -0.2) is 49.8 Å². The van der Waals surface area contributed by atoms with E-state index in [0.717, 1.165) is 19.7 Å². The van der Waals surface area contributed by atoms with E-state index in [1.165, 1.54) is 32.2 Å². The van der Waals surface area contributed by atoms with Gasteiger partial charge in [0.1, 0.15) is 0 Å². The largest absolute Gasteiger partial charge is 0.383 e. The van der Waals surface area contributed by atoms with Gasteiger partial charge in [-0.1, -0.05) is 20.3 Å². The van der Waals surface area contributed by atoms with Crippen molar-refractivity contribution in [2.24, 2.45) is 0 Å². The van der Waals surface area contributed by atoms with Gasteiger partial charge in [0, 0.05) is 25.2 Å². The minimum absolute atomic E-state index is 0.274. The van der Waals surface area contributed by atoms with Crippen molar-refractivity contribution in [1.82, 2.24) is 10.2 Å². The molecule has 0 spiro atoms. The molecular formula is C14H30N2O. The van der Waals surface area contributed by atoms with Gasteiger partial charge in [-0.3, -0.25) is 4.90 Å². The quantitative estimate of drug-likeness (QED) is 0.773. The van der Waals surface area contributed by atoms with E-state index in [-0.39, 0.29) is 5.54 Å².